The Bertz CT molecular complexity index is 1130. The summed E-state index contributed by atoms with van der Waals surface area (Å²) in [5, 5.41) is 0. The fourth-order valence-electron chi connectivity index (χ4n) is 3.02. The van der Waals surface area contributed by atoms with Crippen LogP contribution in [-0.2, 0) is 17.8 Å². The van der Waals surface area contributed by atoms with Crippen molar-refractivity contribution in [2.45, 2.75) is 20.0 Å². The minimum Gasteiger partial charge on any atom is -0.493 e. The van der Waals surface area contributed by atoms with Gasteiger partial charge in [0.05, 0.1) is 25.5 Å². The second-order valence-electron chi connectivity index (χ2n) is 6.46. The molecule has 0 aliphatic heterocycles. The lowest BCUT2D eigenvalue weighted by Gasteiger charge is -2.14. The summed E-state index contributed by atoms with van der Waals surface area (Å²) < 4.78 is 17.5. The molecular formula is C22H22N2O5. The molecule has 2 heterocycles. The van der Waals surface area contributed by atoms with E-state index in [1.807, 2.05) is 13.0 Å². The third-order valence-corrected chi connectivity index (χ3v) is 4.37. The lowest BCUT2D eigenvalue weighted by Crippen LogP contribution is -2.17. The lowest BCUT2D eigenvalue weighted by molar-refractivity contribution is 0.0467. The standard InChI is InChI=1S/C22H22N2O5/c1-5-6-15-9-16(10-18(27-3)21(15)28-4)22(26)29-13-17-11-20(25)24-12-14(2)7-8-19(24)23-17/h5,7-12H,1,6,13H2,2-4H3. The number of aromatic nitrogens is 2. The zero-order valence-corrected chi connectivity index (χ0v) is 16.6. The number of rotatable bonds is 7. The van der Waals surface area contributed by atoms with E-state index in [0.717, 1.165) is 11.1 Å². The Balaban J connectivity index is 1.84. The smallest absolute Gasteiger partial charge is 0.338 e. The van der Waals surface area contributed by atoms with Crippen LogP contribution in [0.1, 0.15) is 27.2 Å². The van der Waals surface area contributed by atoms with E-state index in [4.69, 9.17) is 14.2 Å². The Morgan fingerprint density at radius 2 is 2.00 bits per heavy atom. The van der Waals surface area contributed by atoms with Crippen LogP contribution in [0.2, 0.25) is 0 Å². The van der Waals surface area contributed by atoms with Crippen molar-refractivity contribution in [3.05, 3.63) is 81.9 Å². The highest BCUT2D eigenvalue weighted by molar-refractivity contribution is 5.90. The van der Waals surface area contributed by atoms with Crippen molar-refractivity contribution >= 4 is 11.6 Å². The Labute approximate surface area is 168 Å². The van der Waals surface area contributed by atoms with Crippen molar-refractivity contribution in [2.75, 3.05) is 14.2 Å². The summed E-state index contributed by atoms with van der Waals surface area (Å²) >= 11 is 0. The number of pyridine rings is 1. The van der Waals surface area contributed by atoms with Gasteiger partial charge >= 0.3 is 5.97 Å². The molecule has 0 atom stereocenters. The maximum Gasteiger partial charge on any atom is 0.338 e. The number of aryl methyl sites for hydroxylation is 1. The van der Waals surface area contributed by atoms with Gasteiger partial charge in [0.1, 0.15) is 12.3 Å². The minimum absolute atomic E-state index is 0.121. The average Bonchev–Trinajstić information content (AvgIpc) is 2.72. The van der Waals surface area contributed by atoms with Crippen LogP contribution in [0.3, 0.4) is 0 Å². The van der Waals surface area contributed by atoms with E-state index in [2.05, 4.69) is 11.6 Å². The first-order valence-electron chi connectivity index (χ1n) is 8.98. The molecule has 3 aromatic rings. The number of hydrogen-bond donors (Lipinski definition) is 0. The number of carbonyl (C=O) groups excluding carboxylic acids is 1. The predicted octanol–water partition coefficient (Wildman–Crippen LogP) is 3.11. The Morgan fingerprint density at radius 3 is 2.69 bits per heavy atom. The van der Waals surface area contributed by atoms with Gasteiger partial charge < -0.3 is 14.2 Å². The number of carbonyl (C=O) groups is 1. The van der Waals surface area contributed by atoms with E-state index in [0.29, 0.717) is 34.8 Å². The highest BCUT2D eigenvalue weighted by Gasteiger charge is 2.17. The molecule has 1 aromatic carbocycles. The molecule has 3 rings (SSSR count). The summed E-state index contributed by atoms with van der Waals surface area (Å²) in [5.41, 5.74) is 2.65. The van der Waals surface area contributed by atoms with Crippen molar-refractivity contribution < 1.29 is 19.0 Å². The van der Waals surface area contributed by atoms with Gasteiger partial charge in [0.15, 0.2) is 11.5 Å². The number of ether oxygens (including phenoxy) is 3. The van der Waals surface area contributed by atoms with Gasteiger partial charge in [0.25, 0.3) is 5.56 Å². The zero-order valence-electron chi connectivity index (χ0n) is 16.6. The monoisotopic (exact) mass is 394 g/mol. The number of allylic oxidation sites excluding steroid dienone is 1. The number of esters is 1. The van der Waals surface area contributed by atoms with Gasteiger partial charge in [-0.15, -0.1) is 6.58 Å². The van der Waals surface area contributed by atoms with Crippen LogP contribution in [0.4, 0.5) is 0 Å². The second kappa shape index (κ2) is 8.60. The van der Waals surface area contributed by atoms with Gasteiger partial charge in [0, 0.05) is 17.8 Å². The molecule has 0 aliphatic carbocycles. The Kier molecular flexibility index (Phi) is 5.97. The summed E-state index contributed by atoms with van der Waals surface area (Å²) in [4.78, 5) is 29.2. The number of nitrogens with zero attached hydrogens (tertiary/aromatic N) is 2. The summed E-state index contributed by atoms with van der Waals surface area (Å²) in [6, 6.07) is 8.20. The number of methoxy groups -OCH3 is 2. The number of hydrogen-bond acceptors (Lipinski definition) is 6. The van der Waals surface area contributed by atoms with Crippen molar-refractivity contribution in [1.29, 1.82) is 0 Å². The lowest BCUT2D eigenvalue weighted by atomic mass is 10.1. The molecule has 0 spiro atoms. The summed E-state index contributed by atoms with van der Waals surface area (Å²) in [7, 11) is 3.03. The molecule has 2 aromatic heterocycles. The molecule has 0 aliphatic rings. The van der Waals surface area contributed by atoms with Gasteiger partial charge in [-0.3, -0.25) is 9.20 Å². The van der Waals surface area contributed by atoms with Crippen molar-refractivity contribution in [1.82, 2.24) is 9.38 Å². The second-order valence-corrected chi connectivity index (χ2v) is 6.46. The predicted molar refractivity (Wildman–Crippen MR) is 109 cm³/mol. The maximum atomic E-state index is 12.6. The average molecular weight is 394 g/mol. The molecule has 0 radical (unpaired) electrons. The van der Waals surface area contributed by atoms with Crippen LogP contribution < -0.4 is 15.0 Å². The molecule has 29 heavy (non-hydrogen) atoms. The summed E-state index contributed by atoms with van der Waals surface area (Å²) in [6.45, 7) is 5.50. The molecular weight excluding hydrogens is 372 g/mol. The number of benzene rings is 1. The molecule has 150 valence electrons. The highest BCUT2D eigenvalue weighted by Crippen LogP contribution is 2.33. The van der Waals surface area contributed by atoms with Crippen molar-refractivity contribution in [3.8, 4) is 11.5 Å². The maximum absolute atomic E-state index is 12.6. The van der Waals surface area contributed by atoms with Gasteiger partial charge in [-0.1, -0.05) is 12.1 Å². The van der Waals surface area contributed by atoms with Crippen LogP contribution in [0.15, 0.2) is 54.0 Å². The molecule has 0 saturated carbocycles. The van der Waals surface area contributed by atoms with Crippen molar-refractivity contribution in [3.63, 3.8) is 0 Å². The Morgan fingerprint density at radius 1 is 1.21 bits per heavy atom. The molecule has 0 fully saturated rings. The van der Waals surface area contributed by atoms with Gasteiger partial charge in [-0.05, 0) is 37.1 Å². The zero-order chi connectivity index (χ0) is 21.0. The van der Waals surface area contributed by atoms with Gasteiger partial charge in [-0.25, -0.2) is 9.78 Å². The third-order valence-electron chi connectivity index (χ3n) is 4.37. The van der Waals surface area contributed by atoms with Gasteiger partial charge in [-0.2, -0.15) is 0 Å². The van der Waals surface area contributed by atoms with Crippen LogP contribution in [-0.4, -0.2) is 29.6 Å². The topological polar surface area (TPSA) is 79.1 Å². The highest BCUT2D eigenvalue weighted by atomic mass is 16.5. The first-order valence-corrected chi connectivity index (χ1v) is 8.98. The molecule has 0 unspecified atom stereocenters. The SMILES string of the molecule is C=CCc1cc(C(=O)OCc2cc(=O)n3cc(C)ccc3n2)cc(OC)c1OC. The van der Waals surface area contributed by atoms with E-state index in [1.54, 1.807) is 30.5 Å². The van der Waals surface area contributed by atoms with Crippen LogP contribution >= 0.6 is 0 Å². The molecule has 7 heteroatoms. The fourth-order valence-corrected chi connectivity index (χ4v) is 3.02. The van der Waals surface area contributed by atoms with Crippen molar-refractivity contribution in [2.24, 2.45) is 0 Å². The Hall–Kier alpha value is -3.61. The van der Waals surface area contributed by atoms with Crippen LogP contribution in [0.25, 0.3) is 5.65 Å². The fraction of sp³-hybridized carbons (Fsp3) is 0.227. The van der Waals surface area contributed by atoms with E-state index < -0.39 is 5.97 Å². The minimum atomic E-state index is -0.554. The van der Waals surface area contributed by atoms with E-state index in [1.165, 1.54) is 24.7 Å². The molecule has 0 N–H and O–H groups in total. The first kappa shape index (κ1) is 20.1. The largest absolute Gasteiger partial charge is 0.493 e. The summed E-state index contributed by atoms with van der Waals surface area (Å²) in [6.07, 6.45) is 3.93. The molecule has 0 amide bonds. The summed E-state index contributed by atoms with van der Waals surface area (Å²) in [5.74, 6) is 0.418. The van der Waals surface area contributed by atoms with E-state index in [9.17, 15) is 9.59 Å². The number of fused-ring (bicyclic) bond motifs is 1. The first-order chi connectivity index (χ1) is 14.0. The molecule has 0 bridgehead atoms. The van der Waals surface area contributed by atoms with Crippen LogP contribution in [0.5, 0.6) is 11.5 Å². The molecule has 7 nitrogen and oxygen atoms in total. The van der Waals surface area contributed by atoms with Crippen LogP contribution in [0, 0.1) is 6.92 Å². The van der Waals surface area contributed by atoms with E-state index >= 15 is 0 Å². The molecule has 0 saturated heterocycles. The van der Waals surface area contributed by atoms with E-state index in [-0.39, 0.29) is 12.2 Å². The third kappa shape index (κ3) is 4.29. The normalized spacial score (nSPS) is 10.6. The van der Waals surface area contributed by atoms with Gasteiger partial charge in [0.2, 0.25) is 0 Å². The quantitative estimate of drug-likeness (QED) is 0.453.